The zero-order chi connectivity index (χ0) is 17.5. The van der Waals surface area contributed by atoms with Gasteiger partial charge in [0, 0.05) is 18.8 Å². The molecule has 1 heterocycles. The number of nitrogens with one attached hydrogen (secondary N) is 2. The second-order valence-corrected chi connectivity index (χ2v) is 5.52. The number of hydrazone groups is 1. The number of hydrogen-bond donors (Lipinski definition) is 3. The Morgan fingerprint density at radius 3 is 2.96 bits per heavy atom. The van der Waals surface area contributed by atoms with Gasteiger partial charge in [0.1, 0.15) is 10.7 Å². The number of aromatic nitrogens is 2. The molecule has 0 aliphatic heterocycles. The lowest BCUT2D eigenvalue weighted by molar-refractivity contribution is 0.302. The lowest BCUT2D eigenvalue weighted by atomic mass is 10.1. The number of aliphatic hydroxyl groups is 1. The molecule has 0 bridgehead atoms. The van der Waals surface area contributed by atoms with Crippen molar-refractivity contribution in [1.29, 1.82) is 0 Å². The number of likely N-dealkylation sites (N-methyl/N-ethyl adjacent to an activating group) is 1. The average molecular weight is 350 g/mol. The molecule has 0 saturated carbocycles. The van der Waals surface area contributed by atoms with Gasteiger partial charge in [-0.25, -0.2) is 5.10 Å². The van der Waals surface area contributed by atoms with Gasteiger partial charge < -0.3 is 10.0 Å². The molecule has 0 atom stereocenters. The SMILES string of the molecule is CCN(CCO)c1ccc(/C=N\Nc2cn[nH]c(=O)c2Cl)c(C)c1. The monoisotopic (exact) mass is 349 g/mol. The predicted octanol–water partition coefficient (Wildman–Crippen LogP) is 2.00. The van der Waals surface area contributed by atoms with Gasteiger partial charge in [0.15, 0.2) is 0 Å². The van der Waals surface area contributed by atoms with Crippen LogP contribution in [0.4, 0.5) is 11.4 Å². The summed E-state index contributed by atoms with van der Waals surface area (Å²) in [7, 11) is 0. The topological polar surface area (TPSA) is 93.6 Å². The summed E-state index contributed by atoms with van der Waals surface area (Å²) >= 11 is 5.86. The van der Waals surface area contributed by atoms with Crippen molar-refractivity contribution in [3.63, 3.8) is 0 Å². The average Bonchev–Trinajstić information content (AvgIpc) is 2.58. The highest BCUT2D eigenvalue weighted by molar-refractivity contribution is 6.32. The van der Waals surface area contributed by atoms with E-state index < -0.39 is 5.56 Å². The first-order valence-corrected chi connectivity index (χ1v) is 7.93. The number of aliphatic hydroxyl groups excluding tert-OH is 1. The predicted molar refractivity (Wildman–Crippen MR) is 97.2 cm³/mol. The molecule has 1 aromatic heterocycles. The third kappa shape index (κ3) is 4.33. The lowest BCUT2D eigenvalue weighted by Gasteiger charge is -2.22. The van der Waals surface area contributed by atoms with E-state index in [9.17, 15) is 4.79 Å². The first-order chi connectivity index (χ1) is 11.6. The van der Waals surface area contributed by atoms with E-state index in [4.69, 9.17) is 16.7 Å². The van der Waals surface area contributed by atoms with Crippen LogP contribution in [0.1, 0.15) is 18.1 Å². The summed E-state index contributed by atoms with van der Waals surface area (Å²) in [4.78, 5) is 13.4. The fraction of sp³-hybridized carbons (Fsp3) is 0.312. The van der Waals surface area contributed by atoms with Crippen LogP contribution < -0.4 is 15.9 Å². The van der Waals surface area contributed by atoms with Crippen molar-refractivity contribution in [1.82, 2.24) is 10.2 Å². The van der Waals surface area contributed by atoms with E-state index >= 15 is 0 Å². The van der Waals surface area contributed by atoms with Crippen LogP contribution in [0, 0.1) is 6.92 Å². The molecule has 1 aromatic carbocycles. The van der Waals surface area contributed by atoms with E-state index in [1.165, 1.54) is 6.20 Å². The molecular formula is C16H20ClN5O2. The van der Waals surface area contributed by atoms with Crippen LogP contribution in [0.15, 0.2) is 34.3 Å². The maximum Gasteiger partial charge on any atom is 0.285 e. The molecule has 2 rings (SSSR count). The molecule has 0 fully saturated rings. The minimum Gasteiger partial charge on any atom is -0.395 e. The Morgan fingerprint density at radius 1 is 1.50 bits per heavy atom. The standard InChI is InChI=1S/C16H20ClN5O2/c1-3-22(6-7-23)13-5-4-12(11(2)8-13)9-18-20-14-10-19-21-16(24)15(14)17/h4-5,8-10,23H,3,6-7H2,1-2H3,(H2,20,21,24)/b18-9-. The lowest BCUT2D eigenvalue weighted by Crippen LogP contribution is -2.26. The Labute approximate surface area is 145 Å². The number of benzene rings is 1. The maximum atomic E-state index is 11.3. The second kappa shape index (κ2) is 8.47. The Kier molecular flexibility index (Phi) is 6.34. The molecule has 0 aliphatic rings. The third-order valence-electron chi connectivity index (χ3n) is 3.55. The van der Waals surface area contributed by atoms with E-state index in [1.54, 1.807) is 6.21 Å². The normalized spacial score (nSPS) is 11.0. The fourth-order valence-corrected chi connectivity index (χ4v) is 2.36. The zero-order valence-corrected chi connectivity index (χ0v) is 14.3. The van der Waals surface area contributed by atoms with Crippen molar-refractivity contribution in [2.45, 2.75) is 13.8 Å². The van der Waals surface area contributed by atoms with Crippen LogP contribution in [-0.4, -0.2) is 41.2 Å². The number of hydrogen-bond acceptors (Lipinski definition) is 6. The summed E-state index contributed by atoms with van der Waals surface area (Å²) < 4.78 is 0. The molecular weight excluding hydrogens is 330 g/mol. The van der Waals surface area contributed by atoms with Gasteiger partial charge in [0.05, 0.1) is 19.0 Å². The summed E-state index contributed by atoms with van der Waals surface area (Å²) in [5.41, 5.74) is 5.61. The van der Waals surface area contributed by atoms with E-state index in [-0.39, 0.29) is 11.6 Å². The van der Waals surface area contributed by atoms with Gasteiger partial charge >= 0.3 is 0 Å². The Balaban J connectivity index is 2.12. The number of aromatic amines is 1. The molecule has 0 saturated heterocycles. The van der Waals surface area contributed by atoms with Crippen molar-refractivity contribution in [3.05, 3.63) is 50.9 Å². The van der Waals surface area contributed by atoms with Crippen molar-refractivity contribution >= 4 is 29.2 Å². The highest BCUT2D eigenvalue weighted by Gasteiger charge is 2.06. The molecule has 8 heteroatoms. The van der Waals surface area contributed by atoms with Crippen LogP contribution in [0.2, 0.25) is 5.02 Å². The molecule has 7 nitrogen and oxygen atoms in total. The van der Waals surface area contributed by atoms with Crippen molar-refractivity contribution < 1.29 is 5.11 Å². The van der Waals surface area contributed by atoms with Gasteiger partial charge in [-0.1, -0.05) is 17.7 Å². The third-order valence-corrected chi connectivity index (χ3v) is 3.93. The number of H-pyrrole nitrogens is 1. The van der Waals surface area contributed by atoms with Crippen molar-refractivity contribution in [2.24, 2.45) is 5.10 Å². The smallest absolute Gasteiger partial charge is 0.285 e. The van der Waals surface area contributed by atoms with Gasteiger partial charge in [-0.2, -0.15) is 10.2 Å². The molecule has 128 valence electrons. The highest BCUT2D eigenvalue weighted by Crippen LogP contribution is 2.18. The van der Waals surface area contributed by atoms with Crippen LogP contribution in [-0.2, 0) is 0 Å². The van der Waals surface area contributed by atoms with Gasteiger partial charge in [-0.3, -0.25) is 10.2 Å². The molecule has 24 heavy (non-hydrogen) atoms. The number of anilines is 2. The van der Waals surface area contributed by atoms with E-state index in [0.29, 0.717) is 12.2 Å². The van der Waals surface area contributed by atoms with Gasteiger partial charge in [-0.15, -0.1) is 0 Å². The molecule has 0 amide bonds. The number of rotatable bonds is 7. The summed E-state index contributed by atoms with van der Waals surface area (Å²) in [6.07, 6.45) is 3.05. The van der Waals surface area contributed by atoms with Crippen molar-refractivity contribution in [3.8, 4) is 0 Å². The summed E-state index contributed by atoms with van der Waals surface area (Å²) in [5.74, 6) is 0. The summed E-state index contributed by atoms with van der Waals surface area (Å²) in [5, 5.41) is 19.1. The molecule has 0 aliphatic carbocycles. The minimum atomic E-state index is -0.471. The highest BCUT2D eigenvalue weighted by atomic mass is 35.5. The van der Waals surface area contributed by atoms with Crippen LogP contribution in [0.25, 0.3) is 0 Å². The largest absolute Gasteiger partial charge is 0.395 e. The summed E-state index contributed by atoms with van der Waals surface area (Å²) in [6, 6.07) is 5.98. The van der Waals surface area contributed by atoms with Crippen molar-refractivity contribution in [2.75, 3.05) is 30.0 Å². The van der Waals surface area contributed by atoms with E-state index in [0.717, 1.165) is 23.4 Å². The minimum absolute atomic E-state index is 0.0109. The second-order valence-electron chi connectivity index (χ2n) is 5.14. The first-order valence-electron chi connectivity index (χ1n) is 7.55. The number of nitrogens with zero attached hydrogens (tertiary/aromatic N) is 3. The van der Waals surface area contributed by atoms with Gasteiger partial charge in [0.25, 0.3) is 5.56 Å². The summed E-state index contributed by atoms with van der Waals surface area (Å²) in [6.45, 7) is 5.57. The van der Waals surface area contributed by atoms with E-state index in [2.05, 4.69) is 25.6 Å². The van der Waals surface area contributed by atoms with E-state index in [1.807, 2.05) is 32.0 Å². The zero-order valence-electron chi connectivity index (χ0n) is 13.6. The molecule has 3 N–H and O–H groups in total. The van der Waals surface area contributed by atoms with Crippen LogP contribution in [0.5, 0.6) is 0 Å². The molecule has 0 unspecified atom stereocenters. The van der Waals surface area contributed by atoms with Gasteiger partial charge in [-0.05, 0) is 37.1 Å². The quantitative estimate of drug-likeness (QED) is 0.525. The van der Waals surface area contributed by atoms with Crippen LogP contribution >= 0.6 is 11.6 Å². The van der Waals surface area contributed by atoms with Gasteiger partial charge in [0.2, 0.25) is 0 Å². The Bertz CT molecular complexity index is 775. The Morgan fingerprint density at radius 2 is 2.29 bits per heavy atom. The maximum absolute atomic E-state index is 11.3. The first kappa shape index (κ1) is 18.0. The molecule has 0 spiro atoms. The number of halogens is 1. The fourth-order valence-electron chi connectivity index (χ4n) is 2.22. The molecule has 2 aromatic rings. The number of aryl methyl sites for hydroxylation is 1. The van der Waals surface area contributed by atoms with Crippen LogP contribution in [0.3, 0.4) is 0 Å². The Hall–Kier alpha value is -2.38. The molecule has 0 radical (unpaired) electrons.